The van der Waals surface area contributed by atoms with Crippen molar-refractivity contribution >= 4 is 6.03 Å². The molecule has 0 fully saturated rings. The summed E-state index contributed by atoms with van der Waals surface area (Å²) >= 11 is 0. The average Bonchev–Trinajstić information content (AvgIpc) is 2.71. The lowest BCUT2D eigenvalue weighted by Gasteiger charge is -2.20. The third-order valence-corrected chi connectivity index (χ3v) is 5.67. The number of amides is 2. The molecule has 0 unspecified atom stereocenters. The Hall–Kier alpha value is -1.71. The van der Waals surface area contributed by atoms with E-state index in [2.05, 4.69) is 6.92 Å². The Bertz CT molecular complexity index is 516. The van der Waals surface area contributed by atoms with Crippen molar-refractivity contribution in [2.45, 2.75) is 103 Å². The van der Waals surface area contributed by atoms with Crippen molar-refractivity contribution in [3.05, 3.63) is 29.8 Å². The molecule has 4 heteroatoms. The van der Waals surface area contributed by atoms with Crippen LogP contribution in [0.15, 0.2) is 24.3 Å². The van der Waals surface area contributed by atoms with E-state index in [9.17, 15) is 9.90 Å². The number of benzene rings is 1. The Kier molecular flexibility index (Phi) is 15.0. The van der Waals surface area contributed by atoms with Crippen LogP contribution in [-0.2, 0) is 6.42 Å². The van der Waals surface area contributed by atoms with E-state index in [-0.39, 0.29) is 6.03 Å². The van der Waals surface area contributed by atoms with E-state index in [0.29, 0.717) is 5.75 Å². The van der Waals surface area contributed by atoms with Crippen LogP contribution in [0.3, 0.4) is 0 Å². The van der Waals surface area contributed by atoms with Crippen LogP contribution in [0.4, 0.5) is 4.79 Å². The number of urea groups is 1. The molecular formula is C25H44N2O2. The summed E-state index contributed by atoms with van der Waals surface area (Å²) in [6.45, 7) is 3.85. The van der Waals surface area contributed by atoms with Crippen molar-refractivity contribution in [1.29, 1.82) is 0 Å². The minimum absolute atomic E-state index is 0.273. The van der Waals surface area contributed by atoms with Gasteiger partial charge in [-0.3, -0.25) is 0 Å². The molecule has 0 heterocycles. The third-order valence-electron chi connectivity index (χ3n) is 5.67. The number of nitrogens with two attached hydrogens (primary N) is 1. The maximum absolute atomic E-state index is 11.7. The zero-order valence-corrected chi connectivity index (χ0v) is 18.7. The van der Waals surface area contributed by atoms with Gasteiger partial charge in [0.15, 0.2) is 0 Å². The lowest BCUT2D eigenvalue weighted by molar-refractivity contribution is 0.205. The minimum atomic E-state index is -0.273. The van der Waals surface area contributed by atoms with Gasteiger partial charge in [0.05, 0.1) is 0 Å². The molecule has 3 N–H and O–H groups in total. The number of rotatable bonds is 18. The summed E-state index contributed by atoms with van der Waals surface area (Å²) < 4.78 is 0. The summed E-state index contributed by atoms with van der Waals surface area (Å²) in [6, 6.07) is 7.18. The van der Waals surface area contributed by atoms with Crippen molar-refractivity contribution in [2.24, 2.45) is 5.73 Å². The number of unbranched alkanes of at least 4 members (excludes halogenated alkanes) is 12. The highest BCUT2D eigenvalue weighted by Gasteiger charge is 2.08. The van der Waals surface area contributed by atoms with E-state index in [1.807, 2.05) is 17.0 Å². The average molecular weight is 405 g/mol. The Morgan fingerprint density at radius 1 is 0.759 bits per heavy atom. The number of carbonyl (C=O) groups is 1. The number of hydrogen-bond acceptors (Lipinski definition) is 2. The number of nitrogens with zero attached hydrogens (tertiary/aromatic N) is 1. The molecule has 1 aromatic rings. The maximum Gasteiger partial charge on any atom is 0.314 e. The highest BCUT2D eigenvalue weighted by Crippen LogP contribution is 2.14. The van der Waals surface area contributed by atoms with Gasteiger partial charge in [-0.15, -0.1) is 0 Å². The van der Waals surface area contributed by atoms with Gasteiger partial charge >= 0.3 is 6.03 Å². The second-order valence-corrected chi connectivity index (χ2v) is 8.34. The molecule has 29 heavy (non-hydrogen) atoms. The number of aryl methyl sites for hydroxylation is 1. The Morgan fingerprint density at radius 3 is 1.69 bits per heavy atom. The molecule has 0 saturated heterocycles. The predicted octanol–water partition coefficient (Wildman–Crippen LogP) is 6.80. The summed E-state index contributed by atoms with van der Waals surface area (Å²) in [5.41, 5.74) is 6.82. The smallest absolute Gasteiger partial charge is 0.314 e. The predicted molar refractivity (Wildman–Crippen MR) is 123 cm³/mol. The minimum Gasteiger partial charge on any atom is -0.508 e. The molecule has 2 amide bonds. The number of primary amides is 1. The van der Waals surface area contributed by atoms with Crippen LogP contribution < -0.4 is 5.73 Å². The molecule has 1 rings (SSSR count). The van der Waals surface area contributed by atoms with Crippen LogP contribution in [-0.4, -0.2) is 29.1 Å². The lowest BCUT2D eigenvalue weighted by Crippen LogP contribution is -2.37. The van der Waals surface area contributed by atoms with Crippen LogP contribution >= 0.6 is 0 Å². The summed E-state index contributed by atoms with van der Waals surface area (Å²) in [5, 5.41) is 9.30. The molecule has 0 spiro atoms. The van der Waals surface area contributed by atoms with E-state index in [1.165, 1.54) is 63.4 Å². The van der Waals surface area contributed by atoms with Crippen LogP contribution in [0.25, 0.3) is 0 Å². The first-order valence-electron chi connectivity index (χ1n) is 12.0. The van der Waals surface area contributed by atoms with Crippen LogP contribution in [0.1, 0.15) is 102 Å². The fourth-order valence-electron chi connectivity index (χ4n) is 3.77. The van der Waals surface area contributed by atoms with Gasteiger partial charge < -0.3 is 15.7 Å². The summed E-state index contributed by atoms with van der Waals surface area (Å²) in [7, 11) is 0. The monoisotopic (exact) mass is 404 g/mol. The first-order chi connectivity index (χ1) is 14.1. The van der Waals surface area contributed by atoms with Crippen LogP contribution in [0, 0.1) is 0 Å². The summed E-state index contributed by atoms with van der Waals surface area (Å²) in [4.78, 5) is 13.5. The molecule has 0 atom stereocenters. The van der Waals surface area contributed by atoms with E-state index >= 15 is 0 Å². The molecule has 0 bridgehead atoms. The zero-order valence-electron chi connectivity index (χ0n) is 18.7. The molecule has 166 valence electrons. The van der Waals surface area contributed by atoms with Gasteiger partial charge in [0, 0.05) is 13.1 Å². The van der Waals surface area contributed by atoms with E-state index in [4.69, 9.17) is 5.73 Å². The second-order valence-electron chi connectivity index (χ2n) is 8.34. The molecule has 0 aromatic heterocycles. The van der Waals surface area contributed by atoms with Crippen molar-refractivity contribution in [3.63, 3.8) is 0 Å². The third kappa shape index (κ3) is 14.0. The normalized spacial score (nSPS) is 10.9. The lowest BCUT2D eigenvalue weighted by atomic mass is 10.1. The molecule has 0 aliphatic rings. The van der Waals surface area contributed by atoms with E-state index in [0.717, 1.165) is 51.6 Å². The first-order valence-corrected chi connectivity index (χ1v) is 12.0. The fourth-order valence-corrected chi connectivity index (χ4v) is 3.77. The standard InChI is InChI=1S/C25H44N2O2/c1-2-3-4-5-6-7-8-9-11-14-21-27(25(26)29)22-15-12-10-13-16-23-17-19-24(28)20-18-23/h17-20,28H,2-16,21-22H2,1H3,(H2,26,29). The fraction of sp³-hybridized carbons (Fsp3) is 0.720. The van der Waals surface area contributed by atoms with Crippen molar-refractivity contribution < 1.29 is 9.90 Å². The Morgan fingerprint density at radius 2 is 1.21 bits per heavy atom. The number of phenols is 1. The molecule has 1 aromatic carbocycles. The molecule has 0 radical (unpaired) electrons. The van der Waals surface area contributed by atoms with Gasteiger partial charge in [-0.25, -0.2) is 4.79 Å². The highest BCUT2D eigenvalue weighted by molar-refractivity contribution is 5.71. The second kappa shape index (κ2) is 17.2. The Balaban J connectivity index is 1.98. The van der Waals surface area contributed by atoms with Gasteiger partial charge in [0.1, 0.15) is 5.75 Å². The van der Waals surface area contributed by atoms with Gasteiger partial charge in [-0.2, -0.15) is 0 Å². The summed E-state index contributed by atoms with van der Waals surface area (Å²) in [5.74, 6) is 0.322. The number of carbonyl (C=O) groups excluding carboxylic acids is 1. The van der Waals surface area contributed by atoms with Crippen molar-refractivity contribution in [1.82, 2.24) is 4.90 Å². The Labute approximate surface area is 178 Å². The maximum atomic E-state index is 11.7. The highest BCUT2D eigenvalue weighted by atomic mass is 16.3. The number of aromatic hydroxyl groups is 1. The largest absolute Gasteiger partial charge is 0.508 e. The zero-order chi connectivity index (χ0) is 21.2. The van der Waals surface area contributed by atoms with E-state index < -0.39 is 0 Å². The van der Waals surface area contributed by atoms with Crippen LogP contribution in [0.5, 0.6) is 5.75 Å². The molecular weight excluding hydrogens is 360 g/mol. The van der Waals surface area contributed by atoms with Crippen molar-refractivity contribution in [3.8, 4) is 5.75 Å². The summed E-state index contributed by atoms with van der Waals surface area (Å²) in [6.07, 6.45) is 18.6. The molecule has 0 aliphatic carbocycles. The van der Waals surface area contributed by atoms with Gasteiger partial charge in [-0.05, 0) is 43.4 Å². The van der Waals surface area contributed by atoms with E-state index in [1.54, 1.807) is 12.1 Å². The molecule has 0 saturated carbocycles. The van der Waals surface area contributed by atoms with Gasteiger partial charge in [0.25, 0.3) is 0 Å². The SMILES string of the molecule is CCCCCCCCCCCCN(CCCCCCc1ccc(O)cc1)C(N)=O. The van der Waals surface area contributed by atoms with Gasteiger partial charge in [0.2, 0.25) is 0 Å². The number of phenolic OH excluding ortho intramolecular Hbond substituents is 1. The van der Waals surface area contributed by atoms with Gasteiger partial charge in [-0.1, -0.05) is 89.7 Å². The first kappa shape index (κ1) is 25.3. The quantitative estimate of drug-likeness (QED) is 0.264. The molecule has 4 nitrogen and oxygen atoms in total. The van der Waals surface area contributed by atoms with Crippen molar-refractivity contribution in [2.75, 3.05) is 13.1 Å². The van der Waals surface area contributed by atoms with Crippen LogP contribution in [0.2, 0.25) is 0 Å². The number of hydrogen-bond donors (Lipinski definition) is 2. The topological polar surface area (TPSA) is 66.6 Å². The molecule has 0 aliphatic heterocycles.